The first-order valence-corrected chi connectivity index (χ1v) is 7.24. The normalized spacial score (nSPS) is 11.1. The van der Waals surface area contributed by atoms with Crippen LogP contribution in [0.4, 0.5) is 11.4 Å². The van der Waals surface area contributed by atoms with Crippen LogP contribution in [0.15, 0.2) is 42.5 Å². The molecule has 0 saturated carbocycles. The minimum absolute atomic E-state index is 0.0340. The molecule has 0 bridgehead atoms. The van der Waals surface area contributed by atoms with Crippen LogP contribution in [-0.2, 0) is 4.79 Å². The van der Waals surface area contributed by atoms with Crippen molar-refractivity contribution in [2.75, 3.05) is 12.4 Å². The lowest BCUT2D eigenvalue weighted by atomic mass is 10.2. The van der Waals surface area contributed by atoms with Crippen molar-refractivity contribution in [2.24, 2.45) is 0 Å². The van der Waals surface area contributed by atoms with Gasteiger partial charge in [-0.3, -0.25) is 14.9 Å². The predicted molar refractivity (Wildman–Crippen MR) is 89.5 cm³/mol. The molecule has 0 aliphatic heterocycles. The fourth-order valence-corrected chi connectivity index (χ4v) is 1.98. The summed E-state index contributed by atoms with van der Waals surface area (Å²) in [5.74, 6) is -0.197. The molecule has 1 atom stereocenters. The number of nitro benzene ring substituents is 1. The van der Waals surface area contributed by atoms with Crippen molar-refractivity contribution in [1.29, 1.82) is 5.26 Å². The second kappa shape index (κ2) is 7.79. The number of methoxy groups -OCH3 is 1. The Labute approximate surface area is 143 Å². The Hall–Kier alpha value is -3.60. The molecule has 2 aromatic carbocycles. The minimum Gasteiger partial charge on any atom is -0.496 e. The fraction of sp³-hybridized carbons (Fsp3) is 0.176. The third-order valence-electron chi connectivity index (χ3n) is 3.32. The van der Waals surface area contributed by atoms with Gasteiger partial charge < -0.3 is 14.8 Å². The zero-order chi connectivity index (χ0) is 18.4. The second-order valence-corrected chi connectivity index (χ2v) is 5.03. The number of ether oxygens (including phenoxy) is 2. The van der Waals surface area contributed by atoms with Crippen LogP contribution in [0.3, 0.4) is 0 Å². The summed E-state index contributed by atoms with van der Waals surface area (Å²) in [6.45, 7) is 1.48. The van der Waals surface area contributed by atoms with Gasteiger partial charge in [0.25, 0.3) is 5.91 Å². The highest BCUT2D eigenvalue weighted by molar-refractivity contribution is 5.94. The van der Waals surface area contributed by atoms with Gasteiger partial charge in [0.1, 0.15) is 5.75 Å². The van der Waals surface area contributed by atoms with E-state index in [0.29, 0.717) is 17.0 Å². The SMILES string of the molecule is COc1ccc(O[C@H](C)C(=O)Nc2ccc(C#N)cc2)c([N+](=O)[O-])c1. The van der Waals surface area contributed by atoms with Crippen molar-refractivity contribution in [1.82, 2.24) is 0 Å². The molecule has 0 saturated heterocycles. The number of nitriles is 1. The number of nitrogens with zero attached hydrogens (tertiary/aromatic N) is 2. The van der Waals surface area contributed by atoms with E-state index < -0.39 is 16.9 Å². The maximum Gasteiger partial charge on any atom is 0.314 e. The van der Waals surface area contributed by atoms with E-state index in [1.807, 2.05) is 6.07 Å². The molecule has 8 heteroatoms. The molecule has 0 aliphatic carbocycles. The van der Waals surface area contributed by atoms with E-state index in [0.717, 1.165) is 0 Å². The Bertz CT molecular complexity index is 827. The van der Waals surface area contributed by atoms with Crippen LogP contribution < -0.4 is 14.8 Å². The number of nitro groups is 1. The Morgan fingerprint density at radius 3 is 2.52 bits per heavy atom. The van der Waals surface area contributed by atoms with Gasteiger partial charge in [-0.25, -0.2) is 0 Å². The van der Waals surface area contributed by atoms with Gasteiger partial charge in [0, 0.05) is 5.69 Å². The quantitative estimate of drug-likeness (QED) is 0.638. The third-order valence-corrected chi connectivity index (χ3v) is 3.32. The molecule has 2 rings (SSSR count). The molecule has 0 fully saturated rings. The molecule has 2 aromatic rings. The average molecular weight is 341 g/mol. The highest BCUT2D eigenvalue weighted by Crippen LogP contribution is 2.31. The van der Waals surface area contributed by atoms with Crippen LogP contribution in [0.25, 0.3) is 0 Å². The summed E-state index contributed by atoms with van der Waals surface area (Å²) in [4.78, 5) is 22.7. The van der Waals surface area contributed by atoms with Gasteiger partial charge in [-0.05, 0) is 43.3 Å². The van der Waals surface area contributed by atoms with Crippen LogP contribution >= 0.6 is 0 Å². The molecule has 0 aliphatic rings. The van der Waals surface area contributed by atoms with Gasteiger partial charge >= 0.3 is 5.69 Å². The van der Waals surface area contributed by atoms with Crippen LogP contribution in [0.5, 0.6) is 11.5 Å². The van der Waals surface area contributed by atoms with Gasteiger partial charge in [-0.1, -0.05) is 0 Å². The molecule has 0 heterocycles. The minimum atomic E-state index is -0.970. The van der Waals surface area contributed by atoms with Crippen molar-refractivity contribution < 1.29 is 19.2 Å². The maximum atomic E-state index is 12.2. The summed E-state index contributed by atoms with van der Waals surface area (Å²) in [6.07, 6.45) is -0.970. The van der Waals surface area contributed by atoms with E-state index in [4.69, 9.17) is 14.7 Å². The topological polar surface area (TPSA) is 114 Å². The Morgan fingerprint density at radius 1 is 1.28 bits per heavy atom. The van der Waals surface area contributed by atoms with E-state index >= 15 is 0 Å². The Balaban J connectivity index is 2.10. The highest BCUT2D eigenvalue weighted by Gasteiger charge is 2.22. The summed E-state index contributed by atoms with van der Waals surface area (Å²) < 4.78 is 10.4. The first-order valence-electron chi connectivity index (χ1n) is 7.24. The van der Waals surface area contributed by atoms with Gasteiger partial charge in [0.15, 0.2) is 11.9 Å². The number of amides is 1. The molecular weight excluding hydrogens is 326 g/mol. The number of carbonyl (C=O) groups excluding carboxylic acids is 1. The summed E-state index contributed by atoms with van der Waals surface area (Å²) >= 11 is 0. The van der Waals surface area contributed by atoms with Crippen molar-refractivity contribution >= 4 is 17.3 Å². The predicted octanol–water partition coefficient (Wildman–Crippen LogP) is 2.88. The largest absolute Gasteiger partial charge is 0.496 e. The molecule has 0 unspecified atom stereocenters. The Kier molecular flexibility index (Phi) is 5.53. The molecule has 0 spiro atoms. The number of nitrogens with one attached hydrogen (secondary N) is 1. The van der Waals surface area contributed by atoms with Crippen molar-refractivity contribution in [3.05, 3.63) is 58.1 Å². The first-order chi connectivity index (χ1) is 11.9. The lowest BCUT2D eigenvalue weighted by Gasteiger charge is -2.15. The number of hydrogen-bond acceptors (Lipinski definition) is 6. The van der Waals surface area contributed by atoms with E-state index in [1.54, 1.807) is 24.3 Å². The molecule has 128 valence electrons. The number of carbonyl (C=O) groups is 1. The van der Waals surface area contributed by atoms with E-state index in [1.165, 1.54) is 32.2 Å². The van der Waals surface area contributed by atoms with Gasteiger partial charge in [0.2, 0.25) is 0 Å². The number of rotatable bonds is 6. The average Bonchev–Trinajstić information content (AvgIpc) is 2.62. The van der Waals surface area contributed by atoms with Crippen molar-refractivity contribution in [3.63, 3.8) is 0 Å². The number of hydrogen-bond donors (Lipinski definition) is 1. The van der Waals surface area contributed by atoms with E-state index in [2.05, 4.69) is 5.32 Å². The van der Waals surface area contributed by atoms with Crippen molar-refractivity contribution in [2.45, 2.75) is 13.0 Å². The van der Waals surface area contributed by atoms with Gasteiger partial charge in [-0.15, -0.1) is 0 Å². The van der Waals surface area contributed by atoms with Crippen LogP contribution in [-0.4, -0.2) is 24.0 Å². The molecule has 0 aromatic heterocycles. The maximum absolute atomic E-state index is 12.2. The van der Waals surface area contributed by atoms with Crippen LogP contribution in [0.2, 0.25) is 0 Å². The summed E-state index contributed by atoms with van der Waals surface area (Å²) in [5.41, 5.74) is 0.664. The molecule has 25 heavy (non-hydrogen) atoms. The van der Waals surface area contributed by atoms with Crippen molar-refractivity contribution in [3.8, 4) is 17.6 Å². The van der Waals surface area contributed by atoms with E-state index in [-0.39, 0.29) is 11.4 Å². The Morgan fingerprint density at radius 2 is 1.96 bits per heavy atom. The van der Waals surface area contributed by atoms with Gasteiger partial charge in [0.05, 0.1) is 29.7 Å². The summed E-state index contributed by atoms with van der Waals surface area (Å²) in [6, 6.07) is 12.4. The molecule has 8 nitrogen and oxygen atoms in total. The molecule has 1 N–H and O–H groups in total. The summed E-state index contributed by atoms with van der Waals surface area (Å²) in [5, 5.41) is 22.5. The summed E-state index contributed by atoms with van der Waals surface area (Å²) in [7, 11) is 1.40. The number of benzene rings is 2. The van der Waals surface area contributed by atoms with Gasteiger partial charge in [-0.2, -0.15) is 5.26 Å². The molecule has 1 amide bonds. The lowest BCUT2D eigenvalue weighted by molar-refractivity contribution is -0.386. The first kappa shape index (κ1) is 17.7. The zero-order valence-electron chi connectivity index (χ0n) is 13.6. The van der Waals surface area contributed by atoms with Crippen LogP contribution in [0.1, 0.15) is 12.5 Å². The highest BCUT2D eigenvalue weighted by atomic mass is 16.6. The fourth-order valence-electron chi connectivity index (χ4n) is 1.98. The smallest absolute Gasteiger partial charge is 0.314 e. The standard InChI is InChI=1S/C17H15N3O5/c1-11(17(21)19-13-5-3-12(10-18)4-6-13)25-16-8-7-14(24-2)9-15(16)20(22)23/h3-9,11H,1-2H3,(H,19,21)/t11-/m1/s1. The second-order valence-electron chi connectivity index (χ2n) is 5.03. The van der Waals surface area contributed by atoms with E-state index in [9.17, 15) is 14.9 Å². The molecular formula is C17H15N3O5. The van der Waals surface area contributed by atoms with Crippen LogP contribution in [0, 0.1) is 21.4 Å². The molecule has 0 radical (unpaired) electrons. The zero-order valence-corrected chi connectivity index (χ0v) is 13.6. The number of anilines is 1. The third kappa shape index (κ3) is 4.45. The lowest BCUT2D eigenvalue weighted by Crippen LogP contribution is -2.30. The monoisotopic (exact) mass is 341 g/mol.